The maximum Gasteiger partial charge on any atom is 0.387 e. The molecule has 8 nitrogen and oxygen atoms in total. The molecule has 0 saturated heterocycles. The van der Waals surface area contributed by atoms with Gasteiger partial charge in [-0.15, -0.1) is 0 Å². The Morgan fingerprint density at radius 2 is 1.65 bits per heavy atom. The Morgan fingerprint density at radius 3 is 2.26 bits per heavy atom. The summed E-state index contributed by atoms with van der Waals surface area (Å²) in [5, 5.41) is 0. The van der Waals surface area contributed by atoms with Crippen LogP contribution in [-0.2, 0) is 23.1 Å². The smallest absolute Gasteiger partial charge is 0.387 e. The highest BCUT2D eigenvalue weighted by Gasteiger charge is 2.21. The van der Waals surface area contributed by atoms with Crippen molar-refractivity contribution >= 4 is 21.1 Å². The van der Waals surface area contributed by atoms with Gasteiger partial charge in [-0.2, -0.15) is 8.78 Å². The second-order valence-electron chi connectivity index (χ2n) is 6.86. The summed E-state index contributed by atoms with van der Waals surface area (Å²) in [6, 6.07) is 10.00. The predicted octanol–water partition coefficient (Wildman–Crippen LogP) is 2.08. The zero-order valence-corrected chi connectivity index (χ0v) is 17.9. The van der Waals surface area contributed by atoms with E-state index < -0.39 is 27.8 Å². The Morgan fingerprint density at radius 1 is 1.00 bits per heavy atom. The summed E-state index contributed by atoms with van der Waals surface area (Å²) >= 11 is 0. The Hall–Kier alpha value is -3.05. The van der Waals surface area contributed by atoms with Gasteiger partial charge in [-0.25, -0.2) is 12.7 Å². The number of para-hydroxylation sites is 1. The Balaban J connectivity index is 2.32. The fourth-order valence-electron chi connectivity index (χ4n) is 3.26. The number of hydrogen-bond donors (Lipinski definition) is 0. The minimum absolute atomic E-state index is 0.0726. The minimum atomic E-state index is -3.82. The van der Waals surface area contributed by atoms with Gasteiger partial charge in [0, 0.05) is 26.2 Å². The summed E-state index contributed by atoms with van der Waals surface area (Å²) in [7, 11) is -1.07. The number of benzene rings is 2. The number of ether oxygens (including phenoxy) is 1. The number of hydrogen-bond acceptors (Lipinski definition) is 5. The number of aromatic nitrogens is 2. The first-order valence-electron chi connectivity index (χ1n) is 9.30. The fraction of sp³-hybridized carbons (Fsp3) is 0.300. The van der Waals surface area contributed by atoms with Crippen LogP contribution < -0.4 is 15.9 Å². The fourth-order valence-corrected chi connectivity index (χ4v) is 4.18. The van der Waals surface area contributed by atoms with Crippen molar-refractivity contribution in [2.45, 2.75) is 31.5 Å². The molecule has 0 aliphatic rings. The van der Waals surface area contributed by atoms with Gasteiger partial charge in [-0.1, -0.05) is 18.2 Å². The van der Waals surface area contributed by atoms with Crippen LogP contribution in [0.2, 0.25) is 0 Å². The summed E-state index contributed by atoms with van der Waals surface area (Å²) in [5.74, 6) is -0.144. The van der Waals surface area contributed by atoms with E-state index in [-0.39, 0.29) is 34.8 Å². The monoisotopic (exact) mass is 453 g/mol. The van der Waals surface area contributed by atoms with Crippen LogP contribution in [0.3, 0.4) is 0 Å². The van der Waals surface area contributed by atoms with Gasteiger partial charge in [-0.3, -0.25) is 14.2 Å². The SMILES string of the molecule is CCn1c(=O)c(=O)n(Cc2ccccc2OC(F)F)c2cc(S(=O)(=O)N(C)C)ccc21. The van der Waals surface area contributed by atoms with Crippen LogP contribution >= 0.6 is 0 Å². The van der Waals surface area contributed by atoms with Crippen LogP contribution in [0.15, 0.2) is 56.9 Å². The molecule has 0 spiro atoms. The van der Waals surface area contributed by atoms with Crippen molar-refractivity contribution in [2.24, 2.45) is 0 Å². The molecule has 0 aliphatic heterocycles. The molecular weight excluding hydrogens is 432 g/mol. The summed E-state index contributed by atoms with van der Waals surface area (Å²) in [4.78, 5) is 25.4. The van der Waals surface area contributed by atoms with Gasteiger partial charge in [0.15, 0.2) is 0 Å². The maximum atomic E-state index is 12.9. The van der Waals surface area contributed by atoms with E-state index in [4.69, 9.17) is 0 Å². The van der Waals surface area contributed by atoms with Crippen LogP contribution in [0.1, 0.15) is 12.5 Å². The Bertz CT molecular complexity index is 1350. The molecule has 0 atom stereocenters. The second-order valence-corrected chi connectivity index (χ2v) is 9.02. The highest BCUT2D eigenvalue weighted by Crippen LogP contribution is 2.24. The highest BCUT2D eigenvalue weighted by atomic mass is 32.2. The molecule has 2 aromatic carbocycles. The molecule has 0 radical (unpaired) electrons. The van der Waals surface area contributed by atoms with Gasteiger partial charge in [-0.05, 0) is 31.2 Å². The third-order valence-electron chi connectivity index (χ3n) is 4.81. The maximum absolute atomic E-state index is 12.9. The molecule has 3 aromatic rings. The lowest BCUT2D eigenvalue weighted by atomic mass is 10.2. The third-order valence-corrected chi connectivity index (χ3v) is 6.62. The van der Waals surface area contributed by atoms with Crippen LogP contribution in [0, 0.1) is 0 Å². The zero-order chi connectivity index (χ0) is 22.9. The van der Waals surface area contributed by atoms with Crippen LogP contribution in [0.4, 0.5) is 8.78 Å². The van der Waals surface area contributed by atoms with Crippen molar-refractivity contribution in [2.75, 3.05) is 14.1 Å². The zero-order valence-electron chi connectivity index (χ0n) is 17.1. The van der Waals surface area contributed by atoms with Gasteiger partial charge >= 0.3 is 17.7 Å². The molecule has 0 saturated carbocycles. The first-order chi connectivity index (χ1) is 14.6. The molecule has 1 heterocycles. The highest BCUT2D eigenvalue weighted by molar-refractivity contribution is 7.89. The van der Waals surface area contributed by atoms with E-state index >= 15 is 0 Å². The first-order valence-corrected chi connectivity index (χ1v) is 10.7. The van der Waals surface area contributed by atoms with Crippen molar-refractivity contribution in [3.05, 3.63) is 68.7 Å². The number of aryl methyl sites for hydroxylation is 1. The summed E-state index contributed by atoms with van der Waals surface area (Å²) < 4.78 is 58.6. The topological polar surface area (TPSA) is 90.6 Å². The van der Waals surface area contributed by atoms with Crippen molar-refractivity contribution in [1.29, 1.82) is 0 Å². The van der Waals surface area contributed by atoms with E-state index in [1.165, 1.54) is 55.1 Å². The number of halogens is 2. The molecule has 0 bridgehead atoms. The second kappa shape index (κ2) is 8.60. The average Bonchev–Trinajstić information content (AvgIpc) is 2.72. The van der Waals surface area contributed by atoms with Crippen LogP contribution in [0.5, 0.6) is 5.75 Å². The van der Waals surface area contributed by atoms with Gasteiger partial charge in [0.25, 0.3) is 0 Å². The molecule has 166 valence electrons. The largest absolute Gasteiger partial charge is 0.434 e. The predicted molar refractivity (Wildman–Crippen MR) is 111 cm³/mol. The van der Waals surface area contributed by atoms with Crippen molar-refractivity contribution in [3.63, 3.8) is 0 Å². The standard InChI is InChI=1S/C20H21F2N3O5S/c1-4-24-15-10-9-14(31(28,29)23(2)3)11-16(15)25(19(27)18(24)26)12-13-7-5-6-8-17(13)30-20(21)22/h5-11,20H,4,12H2,1-3H3. The van der Waals surface area contributed by atoms with Crippen molar-refractivity contribution < 1.29 is 21.9 Å². The first kappa shape index (κ1) is 22.6. The van der Waals surface area contributed by atoms with E-state index in [1.807, 2.05) is 0 Å². The number of nitrogens with zero attached hydrogens (tertiary/aromatic N) is 3. The molecule has 0 fully saturated rings. The van der Waals surface area contributed by atoms with Gasteiger partial charge in [0.2, 0.25) is 10.0 Å². The number of sulfonamides is 1. The number of rotatable bonds is 7. The van der Waals surface area contributed by atoms with Crippen LogP contribution in [0.25, 0.3) is 11.0 Å². The van der Waals surface area contributed by atoms with Gasteiger partial charge < -0.3 is 9.30 Å². The molecule has 1 aromatic heterocycles. The van der Waals surface area contributed by atoms with Crippen molar-refractivity contribution in [1.82, 2.24) is 13.4 Å². The lowest BCUT2D eigenvalue weighted by Gasteiger charge is -2.18. The lowest BCUT2D eigenvalue weighted by Crippen LogP contribution is -2.41. The molecular formula is C20H21F2N3O5S. The van der Waals surface area contributed by atoms with E-state index in [0.29, 0.717) is 5.52 Å². The van der Waals surface area contributed by atoms with E-state index in [2.05, 4.69) is 4.74 Å². The quantitative estimate of drug-likeness (QED) is 0.511. The van der Waals surface area contributed by atoms with Gasteiger partial charge in [0.05, 0.1) is 22.5 Å². The van der Waals surface area contributed by atoms with Crippen molar-refractivity contribution in [3.8, 4) is 5.75 Å². The Kier molecular flexibility index (Phi) is 6.27. The molecule has 0 unspecified atom stereocenters. The van der Waals surface area contributed by atoms with E-state index in [1.54, 1.807) is 13.0 Å². The normalized spacial score (nSPS) is 12.1. The molecule has 0 N–H and O–H groups in total. The van der Waals surface area contributed by atoms with E-state index in [9.17, 15) is 26.8 Å². The lowest BCUT2D eigenvalue weighted by molar-refractivity contribution is -0.0504. The molecule has 31 heavy (non-hydrogen) atoms. The number of fused-ring (bicyclic) bond motifs is 1. The minimum Gasteiger partial charge on any atom is -0.434 e. The summed E-state index contributed by atoms with van der Waals surface area (Å²) in [5.41, 5.74) is -0.940. The third kappa shape index (κ3) is 4.23. The summed E-state index contributed by atoms with van der Waals surface area (Å²) in [6.45, 7) is -1.46. The Labute approximate surface area is 177 Å². The van der Waals surface area contributed by atoms with Crippen LogP contribution in [-0.4, -0.2) is 42.6 Å². The molecule has 0 aliphatic carbocycles. The van der Waals surface area contributed by atoms with Gasteiger partial charge in [0.1, 0.15) is 5.75 Å². The average molecular weight is 453 g/mol. The van der Waals surface area contributed by atoms with E-state index in [0.717, 1.165) is 8.87 Å². The molecule has 0 amide bonds. The summed E-state index contributed by atoms with van der Waals surface area (Å²) in [6.07, 6.45) is 0. The molecule has 11 heteroatoms. The number of alkyl halides is 2. The molecule has 3 rings (SSSR count).